The second-order valence-electron chi connectivity index (χ2n) is 31.8. The molecule has 0 atom stereocenters. The zero-order valence-electron chi connectivity index (χ0n) is 56.0. The number of hydrogen-bond donors (Lipinski definition) is 0. The molecule has 0 spiro atoms. The van der Waals surface area contributed by atoms with Gasteiger partial charge in [-0.05, 0) is 0 Å². The Hall–Kier alpha value is -7.76. The van der Waals surface area contributed by atoms with E-state index in [0.29, 0.717) is 22.3 Å². The van der Waals surface area contributed by atoms with Crippen molar-refractivity contribution >= 4 is 85.8 Å². The topological polar surface area (TPSA) is 8.17 Å². The van der Waals surface area contributed by atoms with E-state index in [1.54, 1.807) is 24.3 Å². The molecule has 2 nitrogen and oxygen atoms in total. The van der Waals surface area contributed by atoms with E-state index in [1.165, 1.54) is 80.7 Å². The van der Waals surface area contributed by atoms with Crippen molar-refractivity contribution in [3.63, 3.8) is 0 Å². The maximum atomic E-state index is 17.1. The Labute approximate surface area is 541 Å². The van der Waals surface area contributed by atoms with Gasteiger partial charge in [-0.25, -0.2) is 0 Å². The number of para-hydroxylation sites is 1. The van der Waals surface area contributed by atoms with E-state index in [0.717, 1.165) is 44.8 Å². The number of benzene rings is 10. The Balaban J connectivity index is 1.20. The maximum absolute atomic E-state index is 17.1. The van der Waals surface area contributed by atoms with Crippen LogP contribution in [0.4, 0.5) is 25.8 Å². The first-order valence-electron chi connectivity index (χ1n) is 32.2. The van der Waals surface area contributed by atoms with Crippen molar-refractivity contribution in [2.45, 2.75) is 157 Å². The third kappa shape index (κ3) is 10.8. The molecule has 2 aliphatic heterocycles. The molecule has 2 aliphatic rings. The molecule has 0 amide bonds. The van der Waals surface area contributed by atoms with Gasteiger partial charge >= 0.3 is 544 Å². The number of aromatic nitrogens is 1. The van der Waals surface area contributed by atoms with Crippen LogP contribution in [0.5, 0.6) is 0 Å². The van der Waals surface area contributed by atoms with Crippen LogP contribution in [0.25, 0.3) is 72.0 Å². The van der Waals surface area contributed by atoms with Gasteiger partial charge in [0.1, 0.15) is 0 Å². The van der Waals surface area contributed by atoms with Crippen molar-refractivity contribution in [3.8, 4) is 50.2 Å². The van der Waals surface area contributed by atoms with Crippen molar-refractivity contribution in [1.82, 2.24) is 4.57 Å². The average Bonchev–Trinajstić information content (AvgIpc) is 0.890. The molecular formula is C84H85BF2N2Se. The predicted molar refractivity (Wildman–Crippen MR) is 385 cm³/mol. The van der Waals surface area contributed by atoms with Gasteiger partial charge in [0.05, 0.1) is 0 Å². The molecule has 3 heterocycles. The number of fused-ring (bicyclic) bond motifs is 7. The van der Waals surface area contributed by atoms with Gasteiger partial charge in [-0.1, -0.05) is 0 Å². The fourth-order valence-corrected chi connectivity index (χ4v) is 16.1. The van der Waals surface area contributed by atoms with Crippen molar-refractivity contribution in [1.29, 1.82) is 0 Å². The zero-order valence-corrected chi connectivity index (χ0v) is 57.7. The van der Waals surface area contributed by atoms with Crippen molar-refractivity contribution in [2.24, 2.45) is 0 Å². The molecule has 0 fully saturated rings. The zero-order chi connectivity index (χ0) is 64.1. The van der Waals surface area contributed by atoms with Gasteiger partial charge in [-0.15, -0.1) is 0 Å². The minimum atomic E-state index is -0.344. The Morgan fingerprint density at radius 3 is 1.20 bits per heavy atom. The molecular weight excluding hydrogens is 1160 g/mol. The summed E-state index contributed by atoms with van der Waals surface area (Å²) in [5.41, 5.74) is 23.7. The second-order valence-corrected chi connectivity index (χ2v) is 34.1. The summed E-state index contributed by atoms with van der Waals surface area (Å²) in [6.07, 6.45) is 0. The normalized spacial score (nSPS) is 13.7. The van der Waals surface area contributed by atoms with Crippen LogP contribution >= 0.6 is 0 Å². The standard InChI is InChI=1S/C84H85BF2N2Se/c1-79(2,3)54-32-34-63-64-35-33-55(80(4,5)6)47-73(64)88(72(63)46-54)60-48-74-77-76(49-60)90-75-37-31-51(53-40-58(83(13,14)15)45-59(41-53)84(16,17)18)43-68(75)85(77)67-42-50(52-38-56(81(7,8)9)44-57(39-52)82(10,11)12)30-36-71(67)89(74)78-65(61-24-19-21-28-69(61)86)26-23-27-66(78)62-25-20-22-29-70(62)87/h19-49H,1-18H3. The molecule has 0 N–H and O–H groups in total. The summed E-state index contributed by atoms with van der Waals surface area (Å²) in [6.45, 7) is 41.3. The number of anilines is 3. The predicted octanol–water partition coefficient (Wildman–Crippen LogP) is 19.8. The van der Waals surface area contributed by atoms with Crippen LogP contribution in [0.3, 0.4) is 0 Å². The van der Waals surface area contributed by atoms with Gasteiger partial charge in [0.25, 0.3) is 0 Å². The number of hydrogen-bond acceptors (Lipinski definition) is 1. The molecule has 11 aromatic rings. The summed E-state index contributed by atoms with van der Waals surface area (Å²) in [7, 11) is 0. The Morgan fingerprint density at radius 2 is 0.756 bits per heavy atom. The van der Waals surface area contributed by atoms with E-state index < -0.39 is 0 Å². The van der Waals surface area contributed by atoms with E-state index in [4.69, 9.17) is 0 Å². The van der Waals surface area contributed by atoms with Crippen molar-refractivity contribution in [2.75, 3.05) is 4.90 Å². The molecule has 0 unspecified atom stereocenters. The average molecular weight is 1250 g/mol. The van der Waals surface area contributed by atoms with Crippen molar-refractivity contribution in [3.05, 3.63) is 233 Å². The Bertz CT molecular complexity index is 4530. The molecule has 0 bridgehead atoms. The van der Waals surface area contributed by atoms with E-state index in [2.05, 4.69) is 255 Å². The Morgan fingerprint density at radius 1 is 0.333 bits per heavy atom. The van der Waals surface area contributed by atoms with Gasteiger partial charge in [-0.3, -0.25) is 0 Å². The fourth-order valence-electron chi connectivity index (χ4n) is 13.6. The molecule has 0 aliphatic carbocycles. The number of nitrogens with zero attached hydrogens (tertiary/aromatic N) is 2. The third-order valence-corrected chi connectivity index (χ3v) is 21.5. The van der Waals surface area contributed by atoms with Gasteiger partial charge < -0.3 is 0 Å². The molecule has 10 aromatic carbocycles. The molecule has 0 radical (unpaired) electrons. The quantitative estimate of drug-likeness (QED) is 0.151. The SMILES string of the molecule is CC(C)(C)c1cc(-c2ccc3c(c2)B2c4cc(-c5cc(C(C)(C)C)cc(C(C)(C)C)c5)ccc4N(c4c(-c5ccccc5F)cccc4-c4ccccc4F)c4cc(-n5c6cc(C(C)(C)C)ccc6c6ccc(C(C)(C)C)cc65)cc(c42)[Se]3)cc(C(C)(C)C)c1. The molecule has 6 heteroatoms. The van der Waals surface area contributed by atoms with E-state index >= 15 is 8.78 Å². The van der Waals surface area contributed by atoms with E-state index in [9.17, 15) is 0 Å². The van der Waals surface area contributed by atoms with Gasteiger partial charge in [-0.2, -0.15) is 0 Å². The molecule has 0 saturated carbocycles. The summed E-state index contributed by atoms with van der Waals surface area (Å²) >= 11 is -0.191. The third-order valence-electron chi connectivity index (χ3n) is 19.1. The van der Waals surface area contributed by atoms with E-state index in [-0.39, 0.29) is 65.8 Å². The summed E-state index contributed by atoms with van der Waals surface area (Å²) in [4.78, 5) is 2.41. The molecule has 90 heavy (non-hydrogen) atoms. The number of rotatable bonds is 6. The van der Waals surface area contributed by atoms with Gasteiger partial charge in [0.15, 0.2) is 0 Å². The van der Waals surface area contributed by atoms with Crippen LogP contribution in [-0.4, -0.2) is 26.2 Å². The fraction of sp³-hybridized carbons (Fsp3) is 0.286. The molecule has 0 saturated heterocycles. The first kappa shape index (κ1) is 61.1. The summed E-state index contributed by atoms with van der Waals surface area (Å²) in [6, 6.07) is 68.1. The first-order chi connectivity index (χ1) is 42.2. The van der Waals surface area contributed by atoms with Crippen LogP contribution in [0.2, 0.25) is 0 Å². The van der Waals surface area contributed by atoms with Gasteiger partial charge in [0.2, 0.25) is 0 Å². The van der Waals surface area contributed by atoms with E-state index in [1.807, 2.05) is 42.5 Å². The van der Waals surface area contributed by atoms with Crippen molar-refractivity contribution < 1.29 is 8.78 Å². The van der Waals surface area contributed by atoms with Crippen LogP contribution in [0, 0.1) is 11.6 Å². The Kier molecular flexibility index (Phi) is 14.6. The molecule has 13 rings (SSSR count). The van der Waals surface area contributed by atoms with Crippen LogP contribution in [0.15, 0.2) is 188 Å². The first-order valence-corrected chi connectivity index (χ1v) is 33.9. The summed E-state index contributed by atoms with van der Waals surface area (Å²) < 4.78 is 39.3. The van der Waals surface area contributed by atoms with Crippen LogP contribution in [-0.2, 0) is 32.5 Å². The number of halogens is 2. The summed E-state index contributed by atoms with van der Waals surface area (Å²) in [5, 5.41) is 2.39. The second kappa shape index (κ2) is 21.4. The summed E-state index contributed by atoms with van der Waals surface area (Å²) in [5.74, 6) is -0.688. The monoisotopic (exact) mass is 1250 g/mol. The minimum absolute atomic E-state index is 0.0718. The molecule has 454 valence electrons. The molecule has 1 aromatic heterocycles. The van der Waals surface area contributed by atoms with Crippen LogP contribution < -0.4 is 30.2 Å². The van der Waals surface area contributed by atoms with Gasteiger partial charge in [0, 0.05) is 0 Å². The van der Waals surface area contributed by atoms with Crippen LogP contribution in [0.1, 0.15) is 158 Å².